The molecule has 0 spiro atoms. The Kier molecular flexibility index (Phi) is 4.67. The number of thiophene rings is 1. The number of nitrogens with zero attached hydrogens (tertiary/aromatic N) is 3. The van der Waals surface area contributed by atoms with Crippen LogP contribution in [-0.4, -0.2) is 32.1 Å². The zero-order valence-corrected chi connectivity index (χ0v) is 15.9. The van der Waals surface area contributed by atoms with E-state index in [9.17, 15) is 9.90 Å². The first-order valence-electron chi connectivity index (χ1n) is 9.21. The third kappa shape index (κ3) is 3.10. The molecule has 138 valence electrons. The minimum Gasteiger partial charge on any atom is -0.385 e. The van der Waals surface area contributed by atoms with Gasteiger partial charge in [-0.1, -0.05) is 0 Å². The van der Waals surface area contributed by atoms with Gasteiger partial charge in [0.05, 0.1) is 21.9 Å². The molecule has 3 aromatic heterocycles. The first kappa shape index (κ1) is 17.4. The third-order valence-electron chi connectivity index (χ3n) is 5.35. The van der Waals surface area contributed by atoms with Gasteiger partial charge in [-0.2, -0.15) is 0 Å². The zero-order chi connectivity index (χ0) is 18.3. The van der Waals surface area contributed by atoms with Crippen molar-refractivity contribution in [3.63, 3.8) is 0 Å². The molecular formula is C19H24N4O2S. The average molecular weight is 372 g/mol. The number of rotatable bonds is 4. The van der Waals surface area contributed by atoms with Crippen LogP contribution < -0.4 is 5.32 Å². The number of carbonyl (C=O) groups is 1. The van der Waals surface area contributed by atoms with Crippen molar-refractivity contribution in [3.05, 3.63) is 23.5 Å². The second kappa shape index (κ2) is 6.96. The predicted octanol–water partition coefficient (Wildman–Crippen LogP) is 3.57. The van der Waals surface area contributed by atoms with Crippen molar-refractivity contribution >= 4 is 38.5 Å². The lowest BCUT2D eigenvalue weighted by Crippen LogP contribution is -2.30. The number of hydrogen-bond donors (Lipinski definition) is 2. The third-order valence-corrected chi connectivity index (χ3v) is 6.26. The van der Waals surface area contributed by atoms with Crippen molar-refractivity contribution in [2.45, 2.75) is 51.7 Å². The maximum Gasteiger partial charge on any atom is 0.216 e. The molecule has 0 bridgehead atoms. The normalized spacial score (nSPS) is 22.0. The van der Waals surface area contributed by atoms with Gasteiger partial charge >= 0.3 is 0 Å². The number of amides is 1. The number of pyridine rings is 1. The number of aliphatic hydroxyl groups is 1. The lowest BCUT2D eigenvalue weighted by Gasteiger charge is -2.31. The van der Waals surface area contributed by atoms with E-state index in [4.69, 9.17) is 4.98 Å². The van der Waals surface area contributed by atoms with Crippen molar-refractivity contribution in [1.29, 1.82) is 0 Å². The molecule has 0 aliphatic heterocycles. The summed E-state index contributed by atoms with van der Waals surface area (Å²) in [5.74, 6) is 1.30. The van der Waals surface area contributed by atoms with Crippen molar-refractivity contribution in [2.75, 3.05) is 6.54 Å². The summed E-state index contributed by atoms with van der Waals surface area (Å²) in [6.07, 6.45) is 5.41. The van der Waals surface area contributed by atoms with Gasteiger partial charge in [0, 0.05) is 19.5 Å². The fourth-order valence-corrected chi connectivity index (χ4v) is 4.94. The molecule has 1 amide bonds. The largest absolute Gasteiger partial charge is 0.385 e. The summed E-state index contributed by atoms with van der Waals surface area (Å²) in [4.78, 5) is 20.3. The van der Waals surface area contributed by atoms with E-state index in [1.807, 2.05) is 12.3 Å². The minimum absolute atomic E-state index is 0.0386. The second-order valence-electron chi connectivity index (χ2n) is 7.25. The Morgan fingerprint density at radius 1 is 1.38 bits per heavy atom. The molecule has 1 atom stereocenters. The van der Waals surface area contributed by atoms with Crippen LogP contribution in [0.4, 0.5) is 0 Å². The average Bonchev–Trinajstić information content (AvgIpc) is 3.24. The van der Waals surface area contributed by atoms with Crippen LogP contribution in [0.5, 0.6) is 0 Å². The summed E-state index contributed by atoms with van der Waals surface area (Å²) < 4.78 is 3.40. The summed E-state index contributed by atoms with van der Waals surface area (Å²) in [6.45, 7) is 4.10. The molecule has 7 heteroatoms. The molecule has 3 heterocycles. The molecule has 2 N–H and O–H groups in total. The van der Waals surface area contributed by atoms with Crippen LogP contribution in [0.3, 0.4) is 0 Å². The Morgan fingerprint density at radius 2 is 2.15 bits per heavy atom. The fourth-order valence-electron chi connectivity index (χ4n) is 4.06. The predicted molar refractivity (Wildman–Crippen MR) is 103 cm³/mol. The van der Waals surface area contributed by atoms with E-state index in [2.05, 4.69) is 20.2 Å². The lowest BCUT2D eigenvalue weighted by atomic mass is 9.85. The van der Waals surface area contributed by atoms with Gasteiger partial charge in [0.2, 0.25) is 5.91 Å². The topological polar surface area (TPSA) is 80.0 Å². The Bertz CT molecular complexity index is 938. The first-order chi connectivity index (χ1) is 12.5. The molecule has 0 aromatic carbocycles. The summed E-state index contributed by atoms with van der Waals surface area (Å²) in [6, 6.07) is 2.36. The number of nitrogens with one attached hydrogen (secondary N) is 1. The van der Waals surface area contributed by atoms with Crippen LogP contribution in [0, 0.1) is 5.92 Å². The molecule has 1 fully saturated rings. The number of aliphatic hydroxyl groups excluding tert-OH is 1. The van der Waals surface area contributed by atoms with Crippen LogP contribution in [0.2, 0.25) is 0 Å². The van der Waals surface area contributed by atoms with Gasteiger partial charge < -0.3 is 15.0 Å². The number of fused-ring (bicyclic) bond motifs is 3. The van der Waals surface area contributed by atoms with Gasteiger partial charge in [0.25, 0.3) is 0 Å². The fraction of sp³-hybridized carbons (Fsp3) is 0.526. The quantitative estimate of drug-likeness (QED) is 0.734. The van der Waals surface area contributed by atoms with E-state index < -0.39 is 6.10 Å². The standard InChI is InChI=1S/C19H24N4O2S/c1-11(24)19-22-16-10-21-15-7-8-26-18(15)17(16)23(19)14-5-3-13(4-6-14)9-20-12(2)25/h7-8,10-11,13-14,24H,3-6,9H2,1-2H3,(H,20,25). The van der Waals surface area contributed by atoms with Crippen molar-refractivity contribution in [3.8, 4) is 0 Å². The van der Waals surface area contributed by atoms with E-state index in [1.165, 1.54) is 0 Å². The van der Waals surface area contributed by atoms with Crippen LogP contribution in [0.15, 0.2) is 17.6 Å². The molecule has 26 heavy (non-hydrogen) atoms. The maximum absolute atomic E-state index is 11.1. The number of aromatic nitrogens is 3. The van der Waals surface area contributed by atoms with Crippen molar-refractivity contribution in [2.24, 2.45) is 5.92 Å². The monoisotopic (exact) mass is 372 g/mol. The molecule has 3 aromatic rings. The summed E-state index contributed by atoms with van der Waals surface area (Å²) in [7, 11) is 0. The summed E-state index contributed by atoms with van der Waals surface area (Å²) in [5, 5.41) is 15.3. The highest BCUT2D eigenvalue weighted by Crippen LogP contribution is 2.39. The molecule has 1 aliphatic rings. The second-order valence-corrected chi connectivity index (χ2v) is 8.17. The maximum atomic E-state index is 11.1. The highest BCUT2D eigenvalue weighted by molar-refractivity contribution is 7.18. The van der Waals surface area contributed by atoms with E-state index in [0.29, 0.717) is 12.0 Å². The smallest absolute Gasteiger partial charge is 0.216 e. The molecule has 6 nitrogen and oxygen atoms in total. The molecular weight excluding hydrogens is 348 g/mol. The van der Waals surface area contributed by atoms with Gasteiger partial charge in [0.1, 0.15) is 17.4 Å². The molecule has 0 saturated heterocycles. The van der Waals surface area contributed by atoms with Crippen LogP contribution in [0.25, 0.3) is 21.3 Å². The van der Waals surface area contributed by atoms with Crippen LogP contribution in [-0.2, 0) is 4.79 Å². The zero-order valence-electron chi connectivity index (χ0n) is 15.1. The number of hydrogen-bond acceptors (Lipinski definition) is 5. The lowest BCUT2D eigenvalue weighted by molar-refractivity contribution is -0.119. The molecule has 0 radical (unpaired) electrons. The van der Waals surface area contributed by atoms with Crippen molar-refractivity contribution in [1.82, 2.24) is 19.9 Å². The van der Waals surface area contributed by atoms with E-state index >= 15 is 0 Å². The Labute approximate surface area is 156 Å². The molecule has 1 saturated carbocycles. The Balaban J connectivity index is 1.68. The number of carbonyl (C=O) groups excluding carboxylic acids is 1. The van der Waals surface area contributed by atoms with Gasteiger partial charge in [-0.3, -0.25) is 9.78 Å². The number of imidazole rings is 1. The van der Waals surface area contributed by atoms with Crippen molar-refractivity contribution < 1.29 is 9.90 Å². The van der Waals surface area contributed by atoms with Crippen LogP contribution in [0.1, 0.15) is 57.5 Å². The molecule has 4 rings (SSSR count). The van der Waals surface area contributed by atoms with Gasteiger partial charge in [0.15, 0.2) is 0 Å². The highest BCUT2D eigenvalue weighted by Gasteiger charge is 2.28. The molecule has 1 aliphatic carbocycles. The van der Waals surface area contributed by atoms with E-state index in [0.717, 1.165) is 59.3 Å². The van der Waals surface area contributed by atoms with E-state index in [-0.39, 0.29) is 5.91 Å². The first-order valence-corrected chi connectivity index (χ1v) is 10.1. The van der Waals surface area contributed by atoms with Gasteiger partial charge in [-0.15, -0.1) is 11.3 Å². The highest BCUT2D eigenvalue weighted by atomic mass is 32.1. The summed E-state index contributed by atoms with van der Waals surface area (Å²) in [5.41, 5.74) is 2.95. The minimum atomic E-state index is -0.616. The molecule has 1 unspecified atom stereocenters. The Morgan fingerprint density at radius 3 is 2.85 bits per heavy atom. The Hall–Kier alpha value is -1.99. The summed E-state index contributed by atoms with van der Waals surface area (Å²) >= 11 is 1.68. The van der Waals surface area contributed by atoms with Gasteiger partial charge in [-0.05, 0) is 50.0 Å². The SMILES string of the molecule is CC(=O)NCC1CCC(n2c(C(C)O)nc3cnc4ccsc4c32)CC1. The van der Waals surface area contributed by atoms with Gasteiger partial charge in [-0.25, -0.2) is 4.98 Å². The van der Waals surface area contributed by atoms with Crippen LogP contribution >= 0.6 is 11.3 Å². The van der Waals surface area contributed by atoms with E-state index in [1.54, 1.807) is 25.2 Å².